The zero-order valence-electron chi connectivity index (χ0n) is 8.05. The molecule has 0 aliphatic carbocycles. The minimum atomic E-state index is 0.165. The van der Waals surface area contributed by atoms with E-state index in [2.05, 4.69) is 11.1 Å². The van der Waals surface area contributed by atoms with Gasteiger partial charge in [-0.25, -0.2) is 0 Å². The fourth-order valence-corrected chi connectivity index (χ4v) is 1.97. The highest BCUT2D eigenvalue weighted by atomic mass is 35.5. The number of hydrogen-bond donors (Lipinski definition) is 2. The summed E-state index contributed by atoms with van der Waals surface area (Å²) in [6.07, 6.45) is 2.75. The van der Waals surface area contributed by atoms with E-state index in [0.29, 0.717) is 0 Å². The Morgan fingerprint density at radius 1 is 1.50 bits per heavy atom. The Hall–Kier alpha value is -0.990. The molecule has 1 heterocycles. The summed E-state index contributed by atoms with van der Waals surface area (Å²) in [5.41, 5.74) is 8.00. The van der Waals surface area contributed by atoms with E-state index in [1.807, 2.05) is 25.3 Å². The van der Waals surface area contributed by atoms with E-state index in [0.717, 1.165) is 22.3 Å². The van der Waals surface area contributed by atoms with Crippen LogP contribution >= 0.6 is 11.6 Å². The van der Waals surface area contributed by atoms with E-state index in [1.54, 1.807) is 0 Å². The van der Waals surface area contributed by atoms with Crippen molar-refractivity contribution >= 4 is 22.5 Å². The number of nitrogens with one attached hydrogen (secondary N) is 1. The van der Waals surface area contributed by atoms with Crippen LogP contribution in [-0.4, -0.2) is 11.0 Å². The van der Waals surface area contributed by atoms with Gasteiger partial charge < -0.3 is 10.7 Å². The number of halogens is 1. The zero-order chi connectivity index (χ0) is 10.1. The quantitative estimate of drug-likeness (QED) is 0.783. The van der Waals surface area contributed by atoms with Gasteiger partial charge in [-0.05, 0) is 37.1 Å². The average molecular weight is 209 g/mol. The third kappa shape index (κ3) is 1.76. The van der Waals surface area contributed by atoms with Crippen molar-refractivity contribution in [1.29, 1.82) is 0 Å². The van der Waals surface area contributed by atoms with Crippen molar-refractivity contribution in [3.8, 4) is 0 Å². The number of aromatic nitrogens is 1. The topological polar surface area (TPSA) is 41.8 Å². The molecule has 2 nitrogen and oxygen atoms in total. The summed E-state index contributed by atoms with van der Waals surface area (Å²) in [5.74, 6) is 0. The maximum atomic E-state index is 6.13. The molecule has 0 saturated heterocycles. The van der Waals surface area contributed by atoms with Crippen molar-refractivity contribution in [1.82, 2.24) is 4.98 Å². The van der Waals surface area contributed by atoms with Gasteiger partial charge in [0.2, 0.25) is 0 Å². The van der Waals surface area contributed by atoms with E-state index >= 15 is 0 Å². The van der Waals surface area contributed by atoms with Gasteiger partial charge in [0.15, 0.2) is 0 Å². The Kier molecular flexibility index (Phi) is 2.48. The molecular formula is C11H13ClN2. The van der Waals surface area contributed by atoms with Crippen molar-refractivity contribution in [2.24, 2.45) is 5.73 Å². The van der Waals surface area contributed by atoms with E-state index in [4.69, 9.17) is 17.3 Å². The van der Waals surface area contributed by atoms with Gasteiger partial charge in [-0.15, -0.1) is 0 Å². The Balaban J connectivity index is 2.47. The monoisotopic (exact) mass is 208 g/mol. The molecular weight excluding hydrogens is 196 g/mol. The zero-order valence-corrected chi connectivity index (χ0v) is 8.81. The van der Waals surface area contributed by atoms with Crippen LogP contribution in [0.25, 0.3) is 10.9 Å². The molecule has 0 radical (unpaired) electrons. The predicted molar refractivity (Wildman–Crippen MR) is 60.7 cm³/mol. The Morgan fingerprint density at radius 3 is 3.00 bits per heavy atom. The lowest BCUT2D eigenvalue weighted by atomic mass is 10.1. The molecule has 1 aromatic carbocycles. The summed E-state index contributed by atoms with van der Waals surface area (Å²) < 4.78 is 0. The second-order valence-corrected chi connectivity index (χ2v) is 4.11. The highest BCUT2D eigenvalue weighted by Crippen LogP contribution is 2.24. The highest BCUT2D eigenvalue weighted by Gasteiger charge is 2.04. The van der Waals surface area contributed by atoms with Gasteiger partial charge in [-0.2, -0.15) is 0 Å². The van der Waals surface area contributed by atoms with Crippen molar-refractivity contribution in [2.75, 3.05) is 0 Å². The third-order valence-electron chi connectivity index (χ3n) is 2.24. The van der Waals surface area contributed by atoms with Crippen LogP contribution in [0, 0.1) is 0 Å². The van der Waals surface area contributed by atoms with Gasteiger partial charge in [0.1, 0.15) is 0 Å². The molecule has 3 heteroatoms. The van der Waals surface area contributed by atoms with Gasteiger partial charge in [0, 0.05) is 23.1 Å². The summed E-state index contributed by atoms with van der Waals surface area (Å²) >= 11 is 6.13. The lowest BCUT2D eigenvalue weighted by Crippen LogP contribution is -2.17. The van der Waals surface area contributed by atoms with Crippen LogP contribution in [0.5, 0.6) is 0 Å². The van der Waals surface area contributed by atoms with Gasteiger partial charge >= 0.3 is 0 Å². The number of rotatable bonds is 2. The summed E-state index contributed by atoms with van der Waals surface area (Å²) in [6, 6.07) is 6.23. The molecule has 1 aromatic heterocycles. The lowest BCUT2D eigenvalue weighted by molar-refractivity contribution is 0.739. The fraction of sp³-hybridized carbons (Fsp3) is 0.273. The Morgan fingerprint density at radius 2 is 2.29 bits per heavy atom. The minimum absolute atomic E-state index is 0.165. The first kappa shape index (κ1) is 9.56. The van der Waals surface area contributed by atoms with Crippen LogP contribution < -0.4 is 5.73 Å². The molecule has 0 bridgehead atoms. The maximum absolute atomic E-state index is 6.13. The average Bonchev–Trinajstić information content (AvgIpc) is 2.50. The van der Waals surface area contributed by atoms with Crippen LogP contribution in [0.2, 0.25) is 5.02 Å². The molecule has 2 rings (SSSR count). The van der Waals surface area contributed by atoms with Crippen LogP contribution in [0.3, 0.4) is 0 Å². The second kappa shape index (κ2) is 3.64. The molecule has 0 spiro atoms. The van der Waals surface area contributed by atoms with Crippen molar-refractivity contribution in [2.45, 2.75) is 19.4 Å². The van der Waals surface area contributed by atoms with E-state index < -0.39 is 0 Å². The summed E-state index contributed by atoms with van der Waals surface area (Å²) in [4.78, 5) is 3.15. The van der Waals surface area contributed by atoms with Crippen molar-refractivity contribution in [3.05, 3.63) is 35.0 Å². The molecule has 0 fully saturated rings. The van der Waals surface area contributed by atoms with Gasteiger partial charge in [0.05, 0.1) is 5.02 Å². The molecule has 74 valence electrons. The Labute approximate surface area is 88.1 Å². The van der Waals surface area contributed by atoms with E-state index in [1.165, 1.54) is 5.56 Å². The largest absolute Gasteiger partial charge is 0.361 e. The van der Waals surface area contributed by atoms with E-state index in [-0.39, 0.29) is 6.04 Å². The first-order valence-corrected chi connectivity index (χ1v) is 5.05. The molecule has 1 unspecified atom stereocenters. The summed E-state index contributed by atoms with van der Waals surface area (Å²) in [6.45, 7) is 1.99. The van der Waals surface area contributed by atoms with Gasteiger partial charge in [-0.1, -0.05) is 11.6 Å². The molecule has 0 amide bonds. The highest BCUT2D eigenvalue weighted by molar-refractivity contribution is 6.35. The van der Waals surface area contributed by atoms with E-state index in [9.17, 15) is 0 Å². The number of hydrogen-bond acceptors (Lipinski definition) is 1. The molecule has 0 saturated carbocycles. The van der Waals surface area contributed by atoms with Crippen LogP contribution in [-0.2, 0) is 6.42 Å². The normalized spacial score (nSPS) is 13.4. The first-order chi connectivity index (χ1) is 6.66. The summed E-state index contributed by atoms with van der Waals surface area (Å²) in [5, 5.41) is 1.86. The maximum Gasteiger partial charge on any atom is 0.0502 e. The fourth-order valence-electron chi connectivity index (χ4n) is 1.67. The van der Waals surface area contributed by atoms with Gasteiger partial charge in [0.25, 0.3) is 0 Å². The molecule has 0 aliphatic heterocycles. The minimum Gasteiger partial charge on any atom is -0.361 e. The molecule has 0 aliphatic rings. The van der Waals surface area contributed by atoms with Crippen LogP contribution in [0.15, 0.2) is 24.4 Å². The van der Waals surface area contributed by atoms with Crippen LogP contribution in [0.4, 0.5) is 0 Å². The SMILES string of the molecule is CC(N)Cc1cc(Cl)c2cc[nH]c2c1. The van der Waals surface area contributed by atoms with Crippen molar-refractivity contribution in [3.63, 3.8) is 0 Å². The van der Waals surface area contributed by atoms with Crippen LogP contribution in [0.1, 0.15) is 12.5 Å². The Bertz CT molecular complexity index is 445. The third-order valence-corrected chi connectivity index (χ3v) is 2.55. The summed E-state index contributed by atoms with van der Waals surface area (Å²) in [7, 11) is 0. The standard InChI is InChI=1S/C11H13ClN2/c1-7(13)4-8-5-10(12)9-2-3-14-11(9)6-8/h2-3,5-7,14H,4,13H2,1H3. The molecule has 2 aromatic rings. The van der Waals surface area contributed by atoms with Crippen molar-refractivity contribution < 1.29 is 0 Å². The second-order valence-electron chi connectivity index (χ2n) is 3.70. The predicted octanol–water partition coefficient (Wildman–Crippen LogP) is 2.71. The molecule has 14 heavy (non-hydrogen) atoms. The smallest absolute Gasteiger partial charge is 0.0502 e. The number of fused-ring (bicyclic) bond motifs is 1. The number of aromatic amines is 1. The number of benzene rings is 1. The number of H-pyrrole nitrogens is 1. The molecule has 3 N–H and O–H groups in total. The number of nitrogens with two attached hydrogens (primary N) is 1. The lowest BCUT2D eigenvalue weighted by Gasteiger charge is -2.06. The molecule has 1 atom stereocenters. The van der Waals surface area contributed by atoms with Gasteiger partial charge in [-0.3, -0.25) is 0 Å². The first-order valence-electron chi connectivity index (χ1n) is 4.68.